The second-order valence-electron chi connectivity index (χ2n) is 20.7. The molecule has 2 unspecified atom stereocenters. The van der Waals surface area contributed by atoms with E-state index in [1.807, 2.05) is 92.4 Å². The average Bonchev–Trinajstić information content (AvgIpc) is 3.89. The zero-order valence-corrected chi connectivity index (χ0v) is 41.8. The summed E-state index contributed by atoms with van der Waals surface area (Å²) in [5.74, 6) is -0.106. The van der Waals surface area contributed by atoms with Gasteiger partial charge >= 0.3 is 0 Å². The Kier molecular flexibility index (Phi) is 14.4. The van der Waals surface area contributed by atoms with E-state index in [2.05, 4.69) is 65.8 Å². The highest BCUT2D eigenvalue weighted by atomic mass is 35.5. The van der Waals surface area contributed by atoms with Crippen molar-refractivity contribution in [3.63, 3.8) is 0 Å². The number of carbonyl (C=O) groups is 4. The Balaban J connectivity index is 1.14. The van der Waals surface area contributed by atoms with Crippen LogP contribution in [0.25, 0.3) is 0 Å². The van der Waals surface area contributed by atoms with Crippen LogP contribution in [0.15, 0.2) is 97.1 Å². The molecule has 0 aromatic heterocycles. The van der Waals surface area contributed by atoms with Gasteiger partial charge in [-0.2, -0.15) is 0 Å². The lowest BCUT2D eigenvalue weighted by molar-refractivity contribution is -0.205. The van der Waals surface area contributed by atoms with Crippen LogP contribution in [-0.2, 0) is 25.2 Å². The van der Waals surface area contributed by atoms with Crippen LogP contribution < -0.4 is 9.80 Å². The first kappa shape index (κ1) is 48.7. The number of ether oxygens (including phenoxy) is 1. The number of piperidine rings is 2. The predicted octanol–water partition coefficient (Wildman–Crippen LogP) is 11.9. The number of anilines is 2. The summed E-state index contributed by atoms with van der Waals surface area (Å²) in [5.41, 5.74) is 2.55. The van der Waals surface area contributed by atoms with Gasteiger partial charge in [-0.05, 0) is 136 Å². The van der Waals surface area contributed by atoms with Crippen LogP contribution in [0.5, 0.6) is 0 Å². The van der Waals surface area contributed by atoms with E-state index in [0.29, 0.717) is 73.3 Å². The summed E-state index contributed by atoms with van der Waals surface area (Å²) in [6.45, 7) is 16.8. The van der Waals surface area contributed by atoms with Crippen LogP contribution in [0.1, 0.15) is 138 Å². The molecule has 11 heteroatoms. The molecule has 0 spiro atoms. The maximum absolute atomic E-state index is 14.7. The molecule has 4 aromatic rings. The van der Waals surface area contributed by atoms with E-state index in [9.17, 15) is 19.2 Å². The molecule has 0 N–H and O–H groups in total. The van der Waals surface area contributed by atoms with Crippen LogP contribution in [0.3, 0.4) is 0 Å². The second kappa shape index (κ2) is 19.7. The van der Waals surface area contributed by atoms with Crippen LogP contribution >= 0.6 is 23.2 Å². The number of likely N-dealkylation sites (tertiary alicyclic amines) is 2. The first-order valence-corrected chi connectivity index (χ1v) is 25.4. The fourth-order valence-electron chi connectivity index (χ4n) is 12.5. The van der Waals surface area contributed by atoms with E-state index in [1.54, 1.807) is 0 Å². The van der Waals surface area contributed by atoms with Crippen molar-refractivity contribution in [3.8, 4) is 0 Å². The number of amides is 4. The van der Waals surface area contributed by atoms with Gasteiger partial charge in [-0.3, -0.25) is 19.2 Å². The summed E-state index contributed by atoms with van der Waals surface area (Å²) in [6.07, 6.45) is 8.07. The molecular formula is C56H68Cl2N4O5. The highest BCUT2D eigenvalue weighted by Gasteiger charge is 2.60. The fraction of sp³-hybridized carbons (Fsp3) is 0.500. The number of hydrogen-bond acceptors (Lipinski definition) is 5. The fourth-order valence-corrected chi connectivity index (χ4v) is 12.7. The van der Waals surface area contributed by atoms with Crippen molar-refractivity contribution in [2.24, 2.45) is 11.8 Å². The predicted molar refractivity (Wildman–Crippen MR) is 269 cm³/mol. The molecule has 4 fully saturated rings. The molecule has 4 saturated heterocycles. The lowest BCUT2D eigenvalue weighted by atomic mass is 9.64. The van der Waals surface area contributed by atoms with E-state index < -0.39 is 22.0 Å². The Morgan fingerprint density at radius 3 is 1.27 bits per heavy atom. The van der Waals surface area contributed by atoms with Gasteiger partial charge in [-0.25, -0.2) is 0 Å². The first-order chi connectivity index (χ1) is 32.0. The van der Waals surface area contributed by atoms with Gasteiger partial charge in [-0.1, -0.05) is 88.0 Å². The molecule has 0 aliphatic carbocycles. The van der Waals surface area contributed by atoms with Gasteiger partial charge in [0.2, 0.25) is 11.8 Å². The Labute approximate surface area is 408 Å². The Morgan fingerprint density at radius 2 is 0.940 bits per heavy atom. The first-order valence-electron chi connectivity index (χ1n) is 24.6. The number of halogens is 2. The zero-order chi connectivity index (χ0) is 47.7. The van der Waals surface area contributed by atoms with Crippen molar-refractivity contribution in [1.82, 2.24) is 9.80 Å². The minimum absolute atomic E-state index is 0.0507. The maximum atomic E-state index is 14.7. The van der Waals surface area contributed by atoms with Gasteiger partial charge in [0.15, 0.2) is 0 Å². The summed E-state index contributed by atoms with van der Waals surface area (Å²) in [5, 5.41) is 1.31. The number of rotatable bonds is 14. The van der Waals surface area contributed by atoms with Gasteiger partial charge < -0.3 is 24.3 Å². The van der Waals surface area contributed by atoms with Crippen LogP contribution in [-0.4, -0.2) is 83.9 Å². The van der Waals surface area contributed by atoms with E-state index >= 15 is 0 Å². The molecule has 356 valence electrons. The average molecular weight is 948 g/mol. The van der Waals surface area contributed by atoms with E-state index in [0.717, 1.165) is 73.9 Å². The van der Waals surface area contributed by atoms with Gasteiger partial charge in [0.1, 0.15) is 0 Å². The van der Waals surface area contributed by atoms with Crippen LogP contribution in [0.2, 0.25) is 10.0 Å². The summed E-state index contributed by atoms with van der Waals surface area (Å²) in [6, 6.07) is 31.2. The van der Waals surface area contributed by atoms with Crippen molar-refractivity contribution in [3.05, 3.63) is 129 Å². The zero-order valence-electron chi connectivity index (χ0n) is 40.3. The quantitative estimate of drug-likeness (QED) is 0.126. The normalized spacial score (nSPS) is 25.3. The molecule has 0 radical (unpaired) electrons. The SMILES string of the molecule is CCCC(C)(OC(C)(CCC)[C@@H]1CN(C(=O)c2ccc(N3CCCCC3=O)cc2)C[C@@]1(C)c1ccc(Cl)cc1)[C@@H]1CN(C(=O)c2ccc(N3CCCCC3=O)cc2)C[C@@]1(C)c1ccc(Cl)cc1. The topological polar surface area (TPSA) is 90.5 Å². The Bertz CT molecular complexity index is 2260. The molecule has 0 bridgehead atoms. The lowest BCUT2D eigenvalue weighted by Gasteiger charge is -2.52. The smallest absolute Gasteiger partial charge is 0.253 e. The number of hydrogen-bond donors (Lipinski definition) is 0. The van der Waals surface area contributed by atoms with Crippen molar-refractivity contribution >= 4 is 58.2 Å². The van der Waals surface area contributed by atoms with Crippen molar-refractivity contribution in [2.75, 3.05) is 49.1 Å². The maximum Gasteiger partial charge on any atom is 0.253 e. The number of nitrogens with zero attached hydrogens (tertiary/aromatic N) is 4. The molecule has 0 saturated carbocycles. The summed E-state index contributed by atoms with van der Waals surface area (Å²) < 4.78 is 8.01. The molecule has 4 aromatic carbocycles. The minimum atomic E-state index is -0.722. The van der Waals surface area contributed by atoms with Gasteiger partial charge in [-0.15, -0.1) is 0 Å². The highest BCUT2D eigenvalue weighted by molar-refractivity contribution is 6.30. The van der Waals surface area contributed by atoms with Crippen molar-refractivity contribution in [1.29, 1.82) is 0 Å². The van der Waals surface area contributed by atoms with Gasteiger partial charge in [0.05, 0.1) is 11.2 Å². The molecule has 4 heterocycles. The van der Waals surface area contributed by atoms with Crippen LogP contribution in [0.4, 0.5) is 11.4 Å². The summed E-state index contributed by atoms with van der Waals surface area (Å²) in [4.78, 5) is 62.6. The molecule has 6 atom stereocenters. The monoisotopic (exact) mass is 946 g/mol. The molecule has 4 aliphatic heterocycles. The summed E-state index contributed by atoms with van der Waals surface area (Å²) in [7, 11) is 0. The van der Waals surface area contributed by atoms with Crippen LogP contribution in [0, 0.1) is 11.8 Å². The molecule has 67 heavy (non-hydrogen) atoms. The molecule has 4 amide bonds. The number of carbonyl (C=O) groups excluding carboxylic acids is 4. The third-order valence-corrected chi connectivity index (χ3v) is 16.4. The van der Waals surface area contributed by atoms with E-state index in [-0.39, 0.29) is 35.5 Å². The lowest BCUT2D eigenvalue weighted by Crippen LogP contribution is -2.57. The van der Waals surface area contributed by atoms with Gasteiger partial charge in [0.25, 0.3) is 11.8 Å². The molecule has 4 aliphatic rings. The van der Waals surface area contributed by atoms with E-state index in [1.165, 1.54) is 0 Å². The molecular weight excluding hydrogens is 880 g/mol. The number of benzene rings is 4. The largest absolute Gasteiger partial charge is 0.368 e. The highest BCUT2D eigenvalue weighted by Crippen LogP contribution is 2.54. The van der Waals surface area contributed by atoms with Crippen molar-refractivity contribution < 1.29 is 23.9 Å². The third-order valence-electron chi connectivity index (χ3n) is 15.9. The minimum Gasteiger partial charge on any atom is -0.368 e. The van der Waals surface area contributed by atoms with E-state index in [4.69, 9.17) is 27.9 Å². The molecule has 8 rings (SSSR count). The van der Waals surface area contributed by atoms with Crippen molar-refractivity contribution in [2.45, 2.75) is 128 Å². The Hall–Kier alpha value is -4.70. The Morgan fingerprint density at radius 1 is 0.582 bits per heavy atom. The van der Waals surface area contributed by atoms with Gasteiger partial charge in [0, 0.05) is 107 Å². The standard InChI is InChI=1S/C56H68Cl2N4O5/c1-7-31-55(5,47-35-59(37-53(47,3)41-19-23-43(57)24-20-41)51(65)39-15-27-45(28-16-39)61-33-11-9-13-49(61)63)67-56(6,32-8-2)48-36-60(38-54(48,4)42-21-25-44(58)26-22-42)52(66)40-17-29-46(30-18-40)62-34-12-10-14-50(62)64/h15-30,47-48H,7-14,31-38H2,1-6H3/t47-,48-,53+,54+,55?,56?/m1/s1. The molecule has 9 nitrogen and oxygen atoms in total. The third kappa shape index (κ3) is 9.67. The summed E-state index contributed by atoms with van der Waals surface area (Å²) >= 11 is 13.0. The second-order valence-corrected chi connectivity index (χ2v) is 21.5.